The van der Waals surface area contributed by atoms with Gasteiger partial charge in [-0.25, -0.2) is 0 Å². The molecule has 0 heterocycles. The number of halogens is 1. The molecule has 0 fully saturated rings. The average Bonchev–Trinajstić information content (AvgIpc) is 2.21. The fourth-order valence-electron chi connectivity index (χ4n) is 2.15. The highest BCUT2D eigenvalue weighted by molar-refractivity contribution is 9.10. The Morgan fingerprint density at radius 2 is 2.00 bits per heavy atom. The van der Waals surface area contributed by atoms with Crippen LogP contribution in [0.3, 0.4) is 0 Å². The number of rotatable bonds is 5. The summed E-state index contributed by atoms with van der Waals surface area (Å²) in [5.41, 5.74) is 8.47. The molecule has 0 aromatic heterocycles. The molecule has 0 bridgehead atoms. The van der Waals surface area contributed by atoms with E-state index in [0.717, 1.165) is 11.0 Å². The van der Waals surface area contributed by atoms with Crippen LogP contribution in [0.1, 0.15) is 31.0 Å². The van der Waals surface area contributed by atoms with Gasteiger partial charge in [-0.2, -0.15) is 0 Å². The molecule has 1 unspecified atom stereocenters. The van der Waals surface area contributed by atoms with Gasteiger partial charge in [-0.05, 0) is 37.1 Å². The van der Waals surface area contributed by atoms with E-state index >= 15 is 0 Å². The van der Waals surface area contributed by atoms with Gasteiger partial charge in [0.25, 0.3) is 0 Å². The molecule has 0 saturated heterocycles. The molecule has 1 rings (SSSR count). The zero-order valence-corrected chi connectivity index (χ0v) is 12.8. The first-order valence-corrected chi connectivity index (χ1v) is 6.91. The zero-order chi connectivity index (χ0) is 13.0. The summed E-state index contributed by atoms with van der Waals surface area (Å²) in [6, 6.07) is 6.76. The van der Waals surface area contributed by atoms with Gasteiger partial charge in [0.05, 0.1) is 0 Å². The summed E-state index contributed by atoms with van der Waals surface area (Å²) in [6.07, 6.45) is 0. The Kier molecular flexibility index (Phi) is 5.63. The SMILES string of the molecule is Cc1ccc(C(CN)N(C)CC(C)C)c(Br)c1. The molecule has 0 radical (unpaired) electrons. The minimum absolute atomic E-state index is 0.285. The summed E-state index contributed by atoms with van der Waals surface area (Å²) in [5.74, 6) is 0.651. The van der Waals surface area contributed by atoms with Crippen molar-refractivity contribution in [2.75, 3.05) is 20.1 Å². The molecule has 17 heavy (non-hydrogen) atoms. The van der Waals surface area contributed by atoms with Crippen LogP contribution < -0.4 is 5.73 Å². The monoisotopic (exact) mass is 298 g/mol. The van der Waals surface area contributed by atoms with Crippen molar-refractivity contribution >= 4 is 15.9 Å². The van der Waals surface area contributed by atoms with Crippen LogP contribution in [0, 0.1) is 12.8 Å². The van der Waals surface area contributed by atoms with Crippen molar-refractivity contribution in [1.82, 2.24) is 4.90 Å². The van der Waals surface area contributed by atoms with Crippen LogP contribution in [0.15, 0.2) is 22.7 Å². The maximum Gasteiger partial charge on any atom is 0.0478 e. The molecule has 2 nitrogen and oxygen atoms in total. The van der Waals surface area contributed by atoms with Gasteiger partial charge in [-0.15, -0.1) is 0 Å². The second kappa shape index (κ2) is 6.53. The van der Waals surface area contributed by atoms with E-state index in [9.17, 15) is 0 Å². The lowest BCUT2D eigenvalue weighted by molar-refractivity contribution is 0.223. The molecule has 96 valence electrons. The molecule has 0 spiro atoms. The number of benzene rings is 1. The molecule has 0 saturated carbocycles. The number of nitrogens with zero attached hydrogens (tertiary/aromatic N) is 1. The van der Waals surface area contributed by atoms with Gasteiger partial charge in [0.1, 0.15) is 0 Å². The summed E-state index contributed by atoms with van der Waals surface area (Å²) >= 11 is 3.64. The predicted molar refractivity (Wildman–Crippen MR) is 78.1 cm³/mol. The largest absolute Gasteiger partial charge is 0.329 e. The van der Waals surface area contributed by atoms with Crippen molar-refractivity contribution in [3.05, 3.63) is 33.8 Å². The lowest BCUT2D eigenvalue weighted by Gasteiger charge is -2.29. The molecule has 1 aromatic rings. The molecular formula is C14H23BrN2. The molecule has 0 aliphatic heterocycles. The topological polar surface area (TPSA) is 29.3 Å². The molecule has 0 amide bonds. The van der Waals surface area contributed by atoms with Crippen molar-refractivity contribution in [2.45, 2.75) is 26.8 Å². The van der Waals surface area contributed by atoms with Crippen LogP contribution in [0.25, 0.3) is 0 Å². The number of hydrogen-bond acceptors (Lipinski definition) is 2. The second-order valence-corrected chi connectivity index (χ2v) is 5.96. The summed E-state index contributed by atoms with van der Waals surface area (Å²) in [6.45, 7) is 8.26. The van der Waals surface area contributed by atoms with Crippen molar-refractivity contribution in [2.24, 2.45) is 11.7 Å². The normalized spacial score (nSPS) is 13.4. The van der Waals surface area contributed by atoms with Crippen molar-refractivity contribution < 1.29 is 0 Å². The number of nitrogens with two attached hydrogens (primary N) is 1. The van der Waals surface area contributed by atoms with Crippen LogP contribution in [0.2, 0.25) is 0 Å². The van der Waals surface area contributed by atoms with Gasteiger partial charge in [0.2, 0.25) is 0 Å². The first kappa shape index (κ1) is 14.7. The quantitative estimate of drug-likeness (QED) is 0.903. The van der Waals surface area contributed by atoms with Crippen molar-refractivity contribution in [3.8, 4) is 0 Å². The molecule has 2 N–H and O–H groups in total. The molecule has 3 heteroatoms. The molecule has 0 aliphatic rings. The van der Waals surface area contributed by atoms with Gasteiger partial charge < -0.3 is 5.73 Å². The van der Waals surface area contributed by atoms with Crippen LogP contribution >= 0.6 is 15.9 Å². The fraction of sp³-hybridized carbons (Fsp3) is 0.571. The number of hydrogen-bond donors (Lipinski definition) is 1. The Balaban J connectivity index is 2.93. The van der Waals surface area contributed by atoms with Crippen LogP contribution in [-0.2, 0) is 0 Å². The van der Waals surface area contributed by atoms with Crippen LogP contribution in [0.5, 0.6) is 0 Å². The number of likely N-dealkylation sites (N-methyl/N-ethyl adjacent to an activating group) is 1. The highest BCUT2D eigenvalue weighted by Gasteiger charge is 2.18. The highest BCUT2D eigenvalue weighted by Crippen LogP contribution is 2.27. The predicted octanol–water partition coefficient (Wildman–Crippen LogP) is 3.35. The van der Waals surface area contributed by atoms with Crippen LogP contribution in [0.4, 0.5) is 0 Å². The third-order valence-corrected chi connectivity index (χ3v) is 3.61. The molecule has 0 aliphatic carbocycles. The van der Waals surface area contributed by atoms with E-state index in [0.29, 0.717) is 12.5 Å². The maximum atomic E-state index is 5.93. The Morgan fingerprint density at radius 3 is 2.47 bits per heavy atom. The first-order chi connectivity index (χ1) is 7.95. The Labute approximate surface area is 113 Å². The third-order valence-electron chi connectivity index (χ3n) is 2.92. The van der Waals surface area contributed by atoms with E-state index in [-0.39, 0.29) is 6.04 Å². The lowest BCUT2D eigenvalue weighted by Crippen LogP contribution is -2.33. The molecular weight excluding hydrogens is 276 g/mol. The number of aryl methyl sites for hydroxylation is 1. The third kappa shape index (κ3) is 4.09. The van der Waals surface area contributed by atoms with Gasteiger partial charge in [0, 0.05) is 23.6 Å². The zero-order valence-electron chi connectivity index (χ0n) is 11.2. The van der Waals surface area contributed by atoms with Gasteiger partial charge in [0.15, 0.2) is 0 Å². The van der Waals surface area contributed by atoms with Crippen molar-refractivity contribution in [1.29, 1.82) is 0 Å². The summed E-state index contributed by atoms with van der Waals surface area (Å²) < 4.78 is 1.16. The Bertz CT molecular complexity index is 363. The van der Waals surface area contributed by atoms with Crippen LogP contribution in [-0.4, -0.2) is 25.0 Å². The van der Waals surface area contributed by atoms with E-state index in [1.54, 1.807) is 0 Å². The first-order valence-electron chi connectivity index (χ1n) is 6.12. The smallest absolute Gasteiger partial charge is 0.0478 e. The lowest BCUT2D eigenvalue weighted by atomic mass is 10.0. The minimum atomic E-state index is 0.285. The summed E-state index contributed by atoms with van der Waals surface area (Å²) in [7, 11) is 2.14. The van der Waals surface area contributed by atoms with E-state index in [1.807, 2.05) is 0 Å². The van der Waals surface area contributed by atoms with Crippen molar-refractivity contribution in [3.63, 3.8) is 0 Å². The second-order valence-electron chi connectivity index (χ2n) is 5.11. The standard InChI is InChI=1S/C14H23BrN2/c1-10(2)9-17(4)14(8-16)12-6-5-11(3)7-13(12)15/h5-7,10,14H,8-9,16H2,1-4H3. The Hall–Kier alpha value is -0.380. The van der Waals surface area contributed by atoms with Gasteiger partial charge >= 0.3 is 0 Å². The molecule has 1 aromatic carbocycles. The highest BCUT2D eigenvalue weighted by atomic mass is 79.9. The molecule has 1 atom stereocenters. The minimum Gasteiger partial charge on any atom is -0.329 e. The van der Waals surface area contributed by atoms with E-state index in [1.165, 1.54) is 11.1 Å². The van der Waals surface area contributed by atoms with E-state index in [2.05, 4.69) is 66.8 Å². The fourth-order valence-corrected chi connectivity index (χ4v) is 2.91. The average molecular weight is 299 g/mol. The van der Waals surface area contributed by atoms with E-state index in [4.69, 9.17) is 5.73 Å². The Morgan fingerprint density at radius 1 is 1.35 bits per heavy atom. The van der Waals surface area contributed by atoms with Gasteiger partial charge in [-0.1, -0.05) is 41.9 Å². The summed E-state index contributed by atoms with van der Waals surface area (Å²) in [5, 5.41) is 0. The van der Waals surface area contributed by atoms with E-state index < -0.39 is 0 Å². The van der Waals surface area contributed by atoms with Gasteiger partial charge in [-0.3, -0.25) is 4.90 Å². The summed E-state index contributed by atoms with van der Waals surface area (Å²) in [4.78, 5) is 2.33. The maximum absolute atomic E-state index is 5.93.